The number of carbonyl (C=O) groups excluding carboxylic acids is 1. The normalized spacial score (nSPS) is 14.7. The van der Waals surface area contributed by atoms with Gasteiger partial charge in [-0.2, -0.15) is 18.3 Å². The molecular weight excluding hydrogens is 419 g/mol. The summed E-state index contributed by atoms with van der Waals surface area (Å²) in [5.41, 5.74) is 2.72. The molecule has 2 aromatic carbocycles. The smallest absolute Gasteiger partial charge is 0.485 e. The number of alkyl halides is 3. The maximum atomic E-state index is 12.4. The number of ether oxygens (including phenoxy) is 2. The number of rotatable bonds is 3. The van der Waals surface area contributed by atoms with Crippen molar-refractivity contribution in [2.24, 2.45) is 0 Å². The summed E-state index contributed by atoms with van der Waals surface area (Å²) in [7, 11) is 0. The number of aliphatic carboxylic acids is 1. The molecule has 2 heterocycles. The summed E-state index contributed by atoms with van der Waals surface area (Å²) in [5, 5.41) is 16.7. The van der Waals surface area contributed by atoms with Crippen molar-refractivity contribution in [2.45, 2.75) is 12.3 Å². The van der Waals surface area contributed by atoms with Crippen molar-refractivity contribution in [3.05, 3.63) is 60.9 Å². The average molecular weight is 435 g/mol. The minimum atomic E-state index is -5.08. The van der Waals surface area contributed by atoms with Gasteiger partial charge in [-0.25, -0.2) is 4.79 Å². The van der Waals surface area contributed by atoms with Gasteiger partial charge in [-0.05, 0) is 29.8 Å². The van der Waals surface area contributed by atoms with Crippen LogP contribution in [-0.4, -0.2) is 46.1 Å². The third-order valence-corrected chi connectivity index (χ3v) is 4.03. The molecule has 1 atom stereocenters. The van der Waals surface area contributed by atoms with Gasteiger partial charge in [0.25, 0.3) is 5.91 Å². The Morgan fingerprint density at radius 3 is 2.29 bits per heavy atom. The maximum absolute atomic E-state index is 12.4. The molecule has 0 spiro atoms. The fraction of sp³-hybridized carbons (Fsp3) is 0.150. The molecule has 0 aliphatic carbocycles. The number of hydrogen-bond acceptors (Lipinski definition) is 5. The molecule has 1 aliphatic heterocycles. The van der Waals surface area contributed by atoms with E-state index >= 15 is 0 Å². The molecule has 0 unspecified atom stereocenters. The molecular formula is C20H16F3N3O5. The molecule has 0 bridgehead atoms. The van der Waals surface area contributed by atoms with Crippen LogP contribution in [0, 0.1) is 0 Å². The molecule has 3 aromatic rings. The van der Waals surface area contributed by atoms with Crippen LogP contribution in [0.5, 0.6) is 11.5 Å². The topological polar surface area (TPSA) is 114 Å². The van der Waals surface area contributed by atoms with Crippen molar-refractivity contribution in [1.29, 1.82) is 0 Å². The number of aromatic amines is 1. The molecule has 11 heteroatoms. The van der Waals surface area contributed by atoms with Crippen LogP contribution in [0.15, 0.2) is 60.9 Å². The number of hydrogen-bond donors (Lipinski definition) is 3. The average Bonchev–Trinajstić information content (AvgIpc) is 3.28. The minimum Gasteiger partial charge on any atom is -0.485 e. The van der Waals surface area contributed by atoms with Gasteiger partial charge in [0.05, 0.1) is 6.20 Å². The van der Waals surface area contributed by atoms with E-state index in [-0.39, 0.29) is 12.5 Å². The largest absolute Gasteiger partial charge is 0.490 e. The zero-order chi connectivity index (χ0) is 22.4. The van der Waals surface area contributed by atoms with Crippen LogP contribution in [0.3, 0.4) is 0 Å². The van der Waals surface area contributed by atoms with Crippen molar-refractivity contribution in [3.8, 4) is 22.6 Å². The van der Waals surface area contributed by atoms with Crippen LogP contribution < -0.4 is 14.8 Å². The van der Waals surface area contributed by atoms with E-state index in [2.05, 4.69) is 15.5 Å². The summed E-state index contributed by atoms with van der Waals surface area (Å²) in [4.78, 5) is 21.3. The van der Waals surface area contributed by atoms with Gasteiger partial charge < -0.3 is 19.9 Å². The van der Waals surface area contributed by atoms with Crippen molar-refractivity contribution in [3.63, 3.8) is 0 Å². The molecule has 8 nitrogen and oxygen atoms in total. The first-order chi connectivity index (χ1) is 14.7. The highest BCUT2D eigenvalue weighted by Gasteiger charge is 2.38. The molecule has 3 N–H and O–H groups in total. The summed E-state index contributed by atoms with van der Waals surface area (Å²) in [5.74, 6) is -1.75. The standard InChI is InChI=1S/C18H15N3O3.C2HF3O2/c22-18(17-11-23-15-3-1-2-4-16(15)24-17)21-14-7-5-12(6-8-14)13-9-19-20-10-13;3-2(4,5)1(6)7/h1-10,17H,11H2,(H,19,20)(H,21,22);(H,6,7)/t17-;/m1./s1. The summed E-state index contributed by atoms with van der Waals surface area (Å²) in [6.45, 7) is 0.190. The number of carboxylic acids is 1. The first-order valence-electron chi connectivity index (χ1n) is 8.82. The number of aromatic nitrogens is 2. The molecule has 1 aromatic heterocycles. The quantitative estimate of drug-likeness (QED) is 0.581. The van der Waals surface area contributed by atoms with E-state index in [0.29, 0.717) is 17.2 Å². The maximum Gasteiger partial charge on any atom is 0.490 e. The van der Waals surface area contributed by atoms with Crippen LogP contribution >= 0.6 is 0 Å². The number of para-hydroxylation sites is 2. The lowest BCUT2D eigenvalue weighted by Crippen LogP contribution is -2.40. The molecule has 4 rings (SSSR count). The number of H-pyrrole nitrogens is 1. The predicted octanol–water partition coefficient (Wildman–Crippen LogP) is 3.49. The van der Waals surface area contributed by atoms with Crippen LogP contribution in [0.4, 0.5) is 18.9 Å². The number of amides is 1. The van der Waals surface area contributed by atoms with Gasteiger partial charge in [-0.15, -0.1) is 0 Å². The zero-order valence-electron chi connectivity index (χ0n) is 15.7. The summed E-state index contributed by atoms with van der Waals surface area (Å²) in [6, 6.07) is 14.9. The number of nitrogens with zero attached hydrogens (tertiary/aromatic N) is 1. The number of carbonyl (C=O) groups is 2. The van der Waals surface area contributed by atoms with E-state index < -0.39 is 18.2 Å². The minimum absolute atomic E-state index is 0.190. The first kappa shape index (κ1) is 21.7. The Labute approximate surface area is 173 Å². The third-order valence-electron chi connectivity index (χ3n) is 4.03. The van der Waals surface area contributed by atoms with Crippen LogP contribution in [-0.2, 0) is 9.59 Å². The number of fused-ring (bicyclic) bond motifs is 1. The Kier molecular flexibility index (Phi) is 6.43. The number of anilines is 1. The lowest BCUT2D eigenvalue weighted by atomic mass is 10.1. The summed E-state index contributed by atoms with van der Waals surface area (Å²) in [6.07, 6.45) is -2.19. The lowest BCUT2D eigenvalue weighted by Gasteiger charge is -2.25. The van der Waals surface area contributed by atoms with Crippen LogP contribution in [0.2, 0.25) is 0 Å². The highest BCUT2D eigenvalue weighted by atomic mass is 19.4. The van der Waals surface area contributed by atoms with Gasteiger partial charge >= 0.3 is 12.1 Å². The van der Waals surface area contributed by atoms with E-state index in [4.69, 9.17) is 19.4 Å². The number of benzene rings is 2. The number of nitrogens with one attached hydrogen (secondary N) is 2. The third kappa shape index (κ3) is 5.75. The Balaban J connectivity index is 0.000000339. The van der Waals surface area contributed by atoms with Crippen LogP contribution in [0.25, 0.3) is 11.1 Å². The van der Waals surface area contributed by atoms with Gasteiger partial charge in [-0.3, -0.25) is 9.89 Å². The van der Waals surface area contributed by atoms with E-state index in [0.717, 1.165) is 11.1 Å². The van der Waals surface area contributed by atoms with Crippen LogP contribution in [0.1, 0.15) is 0 Å². The highest BCUT2D eigenvalue weighted by molar-refractivity contribution is 5.95. The summed E-state index contributed by atoms with van der Waals surface area (Å²) < 4.78 is 43.0. The second kappa shape index (κ2) is 9.20. The first-order valence-corrected chi connectivity index (χ1v) is 8.82. The fourth-order valence-corrected chi connectivity index (χ4v) is 2.53. The molecule has 0 radical (unpaired) electrons. The Bertz CT molecular complexity index is 1040. The molecule has 0 fully saturated rings. The summed E-state index contributed by atoms with van der Waals surface area (Å²) >= 11 is 0. The van der Waals surface area contributed by atoms with Crippen molar-refractivity contribution in [2.75, 3.05) is 11.9 Å². The highest BCUT2D eigenvalue weighted by Crippen LogP contribution is 2.31. The molecule has 1 amide bonds. The Morgan fingerprint density at radius 1 is 1.06 bits per heavy atom. The van der Waals surface area contributed by atoms with Gasteiger partial charge in [-0.1, -0.05) is 24.3 Å². The molecule has 1 aliphatic rings. The fourth-order valence-electron chi connectivity index (χ4n) is 2.53. The molecule has 31 heavy (non-hydrogen) atoms. The van der Waals surface area contributed by atoms with Gasteiger partial charge in [0, 0.05) is 17.4 Å². The lowest BCUT2D eigenvalue weighted by molar-refractivity contribution is -0.192. The van der Waals surface area contributed by atoms with E-state index in [1.165, 1.54) is 0 Å². The molecule has 0 saturated carbocycles. The Hall–Kier alpha value is -4.02. The second-order valence-corrected chi connectivity index (χ2v) is 6.22. The van der Waals surface area contributed by atoms with Crippen molar-refractivity contribution in [1.82, 2.24) is 10.2 Å². The zero-order valence-corrected chi connectivity index (χ0v) is 15.7. The van der Waals surface area contributed by atoms with Gasteiger partial charge in [0.15, 0.2) is 11.5 Å². The molecule has 0 saturated heterocycles. The van der Waals surface area contributed by atoms with E-state index in [1.807, 2.05) is 48.7 Å². The van der Waals surface area contributed by atoms with E-state index in [1.54, 1.807) is 12.3 Å². The molecule has 162 valence electrons. The van der Waals surface area contributed by atoms with Crippen molar-refractivity contribution < 1.29 is 37.3 Å². The monoisotopic (exact) mass is 435 g/mol. The number of carboxylic acid groups (broad SMARTS) is 1. The number of halogens is 3. The van der Waals surface area contributed by atoms with Crippen molar-refractivity contribution >= 4 is 17.6 Å². The van der Waals surface area contributed by atoms with Gasteiger partial charge in [0.1, 0.15) is 6.61 Å². The van der Waals surface area contributed by atoms with Gasteiger partial charge in [0.2, 0.25) is 6.10 Å². The predicted molar refractivity (Wildman–Crippen MR) is 103 cm³/mol. The van der Waals surface area contributed by atoms with E-state index in [9.17, 15) is 18.0 Å². The Morgan fingerprint density at radius 2 is 1.71 bits per heavy atom. The second-order valence-electron chi connectivity index (χ2n) is 6.22. The SMILES string of the molecule is O=C(Nc1ccc(-c2cn[nH]c2)cc1)[C@H]1COc2ccccc2O1.O=C(O)C(F)(F)F.